The lowest BCUT2D eigenvalue weighted by Crippen LogP contribution is -2.30. The number of hydrogen-bond acceptors (Lipinski definition) is 5. The monoisotopic (exact) mass is 234 g/mol. The molecule has 0 bridgehead atoms. The summed E-state index contributed by atoms with van der Waals surface area (Å²) in [6.45, 7) is 5.88. The van der Waals surface area contributed by atoms with Crippen molar-refractivity contribution < 1.29 is 5.21 Å². The molecule has 6 heteroatoms. The highest BCUT2D eigenvalue weighted by atomic mass is 16.5. The molecule has 0 saturated heterocycles. The van der Waals surface area contributed by atoms with E-state index in [4.69, 9.17) is 0 Å². The molecule has 0 unspecified atom stereocenters. The van der Waals surface area contributed by atoms with E-state index in [0.29, 0.717) is 15.9 Å². The average Bonchev–Trinajstić information content (AvgIpc) is 2.24. The fraction of sp³-hybridized carbons (Fsp3) is 0.364. The standard InChI is InChI=1S/C11H14N4O2/c1-11(2,3)14-8-7-5-4-6-12-9(7)15(17)10(16)13-8/h4-6,17H,1-3H3,(H,13,14,16). The van der Waals surface area contributed by atoms with E-state index in [1.807, 2.05) is 20.8 Å². The zero-order valence-corrected chi connectivity index (χ0v) is 9.93. The molecule has 2 aromatic heterocycles. The van der Waals surface area contributed by atoms with Gasteiger partial charge in [0.15, 0.2) is 5.65 Å². The number of nitrogens with zero attached hydrogens (tertiary/aromatic N) is 3. The minimum atomic E-state index is -0.747. The van der Waals surface area contributed by atoms with Crippen molar-refractivity contribution in [2.24, 2.45) is 0 Å². The van der Waals surface area contributed by atoms with Crippen LogP contribution in [-0.4, -0.2) is 25.4 Å². The van der Waals surface area contributed by atoms with Crippen LogP contribution in [0, 0.1) is 0 Å². The second-order valence-corrected chi connectivity index (χ2v) is 4.80. The number of rotatable bonds is 1. The molecular weight excluding hydrogens is 220 g/mol. The van der Waals surface area contributed by atoms with Gasteiger partial charge in [0.1, 0.15) is 5.82 Å². The van der Waals surface area contributed by atoms with E-state index in [1.165, 1.54) is 6.20 Å². The Balaban J connectivity index is 2.72. The zero-order chi connectivity index (χ0) is 12.6. The van der Waals surface area contributed by atoms with E-state index in [-0.39, 0.29) is 11.2 Å². The van der Waals surface area contributed by atoms with Gasteiger partial charge in [-0.15, -0.1) is 4.73 Å². The third-order valence-electron chi connectivity index (χ3n) is 2.12. The summed E-state index contributed by atoms with van der Waals surface area (Å²) >= 11 is 0. The van der Waals surface area contributed by atoms with Gasteiger partial charge >= 0.3 is 5.69 Å². The molecule has 0 aliphatic carbocycles. The molecule has 0 amide bonds. The Labute approximate surface area is 97.9 Å². The number of fused-ring (bicyclic) bond motifs is 1. The summed E-state index contributed by atoms with van der Waals surface area (Å²) < 4.78 is 0.448. The molecule has 0 saturated carbocycles. The summed E-state index contributed by atoms with van der Waals surface area (Å²) in [5, 5.41) is 13.3. The topological polar surface area (TPSA) is 80.0 Å². The molecule has 2 rings (SSSR count). The second kappa shape index (κ2) is 3.73. The second-order valence-electron chi connectivity index (χ2n) is 4.80. The van der Waals surface area contributed by atoms with Crippen LogP contribution in [0.4, 0.5) is 5.82 Å². The first-order valence-corrected chi connectivity index (χ1v) is 5.24. The number of anilines is 1. The van der Waals surface area contributed by atoms with Crippen molar-refractivity contribution in [2.45, 2.75) is 26.3 Å². The number of pyridine rings is 1. The maximum Gasteiger partial charge on any atom is 0.384 e. The van der Waals surface area contributed by atoms with Gasteiger partial charge in [0.05, 0.1) is 5.39 Å². The molecular formula is C11H14N4O2. The third kappa shape index (κ3) is 2.20. The predicted octanol–water partition coefficient (Wildman–Crippen LogP) is 1.24. The fourth-order valence-corrected chi connectivity index (χ4v) is 1.49. The fourth-order valence-electron chi connectivity index (χ4n) is 1.49. The molecule has 0 atom stereocenters. The van der Waals surface area contributed by atoms with Gasteiger partial charge in [-0.25, -0.2) is 9.78 Å². The first-order chi connectivity index (χ1) is 7.88. The third-order valence-corrected chi connectivity index (χ3v) is 2.12. The van der Waals surface area contributed by atoms with E-state index in [0.717, 1.165) is 0 Å². The summed E-state index contributed by atoms with van der Waals surface area (Å²) in [5.74, 6) is 0.427. The maximum atomic E-state index is 11.5. The SMILES string of the molecule is CC(C)(C)Nc1nc(=O)n(O)c2ncccc12. The van der Waals surface area contributed by atoms with Crippen LogP contribution >= 0.6 is 0 Å². The van der Waals surface area contributed by atoms with Crippen molar-refractivity contribution in [3.05, 3.63) is 28.8 Å². The van der Waals surface area contributed by atoms with Crippen molar-refractivity contribution in [1.82, 2.24) is 14.7 Å². The van der Waals surface area contributed by atoms with Crippen molar-refractivity contribution in [2.75, 3.05) is 5.32 Å². The summed E-state index contributed by atoms with van der Waals surface area (Å²) in [5.41, 5.74) is -0.786. The minimum Gasteiger partial charge on any atom is -0.422 e. The maximum absolute atomic E-state index is 11.5. The molecule has 0 aromatic carbocycles. The molecule has 0 radical (unpaired) electrons. The van der Waals surface area contributed by atoms with Crippen LogP contribution in [0.1, 0.15) is 20.8 Å². The van der Waals surface area contributed by atoms with Gasteiger partial charge in [0.2, 0.25) is 0 Å². The number of nitrogens with one attached hydrogen (secondary N) is 1. The van der Waals surface area contributed by atoms with Crippen molar-refractivity contribution in [1.29, 1.82) is 0 Å². The van der Waals surface area contributed by atoms with Crippen LogP contribution in [0.2, 0.25) is 0 Å². The van der Waals surface area contributed by atoms with E-state index in [9.17, 15) is 10.0 Å². The van der Waals surface area contributed by atoms with Crippen LogP contribution in [0.15, 0.2) is 23.1 Å². The van der Waals surface area contributed by atoms with Crippen molar-refractivity contribution in [3.8, 4) is 0 Å². The number of hydrogen-bond donors (Lipinski definition) is 2. The molecule has 2 aromatic rings. The highest BCUT2D eigenvalue weighted by Crippen LogP contribution is 2.19. The Morgan fingerprint density at radius 3 is 2.76 bits per heavy atom. The van der Waals surface area contributed by atoms with Gasteiger partial charge in [-0.3, -0.25) is 0 Å². The Morgan fingerprint density at radius 1 is 1.41 bits per heavy atom. The molecule has 17 heavy (non-hydrogen) atoms. The zero-order valence-electron chi connectivity index (χ0n) is 9.93. The summed E-state index contributed by atoms with van der Waals surface area (Å²) in [4.78, 5) is 19.2. The molecule has 0 spiro atoms. The largest absolute Gasteiger partial charge is 0.422 e. The van der Waals surface area contributed by atoms with Crippen molar-refractivity contribution in [3.63, 3.8) is 0 Å². The van der Waals surface area contributed by atoms with Crippen LogP contribution in [-0.2, 0) is 0 Å². The van der Waals surface area contributed by atoms with Gasteiger partial charge in [-0.1, -0.05) is 0 Å². The van der Waals surface area contributed by atoms with Gasteiger partial charge in [-0.05, 0) is 32.9 Å². The smallest absolute Gasteiger partial charge is 0.384 e. The molecule has 0 fully saturated rings. The van der Waals surface area contributed by atoms with E-state index >= 15 is 0 Å². The predicted molar refractivity (Wildman–Crippen MR) is 64.4 cm³/mol. The average molecular weight is 234 g/mol. The highest BCUT2D eigenvalue weighted by Gasteiger charge is 2.15. The Morgan fingerprint density at radius 2 is 2.12 bits per heavy atom. The summed E-state index contributed by atoms with van der Waals surface area (Å²) in [6, 6.07) is 3.47. The summed E-state index contributed by atoms with van der Waals surface area (Å²) in [7, 11) is 0. The lowest BCUT2D eigenvalue weighted by atomic mass is 10.1. The van der Waals surface area contributed by atoms with Gasteiger partial charge < -0.3 is 10.5 Å². The normalized spacial score (nSPS) is 11.7. The molecule has 2 heterocycles. The Kier molecular flexibility index (Phi) is 2.49. The Bertz CT molecular complexity index is 613. The number of aromatic nitrogens is 3. The first kappa shape index (κ1) is 11.4. The van der Waals surface area contributed by atoms with Crippen LogP contribution in [0.5, 0.6) is 0 Å². The lowest BCUT2D eigenvalue weighted by Gasteiger charge is -2.22. The quantitative estimate of drug-likeness (QED) is 0.726. The first-order valence-electron chi connectivity index (χ1n) is 5.24. The van der Waals surface area contributed by atoms with Gasteiger partial charge in [0.25, 0.3) is 0 Å². The van der Waals surface area contributed by atoms with Crippen LogP contribution in [0.25, 0.3) is 11.0 Å². The van der Waals surface area contributed by atoms with Gasteiger partial charge in [-0.2, -0.15) is 4.98 Å². The summed E-state index contributed by atoms with van der Waals surface area (Å²) in [6.07, 6.45) is 1.51. The van der Waals surface area contributed by atoms with E-state index in [1.54, 1.807) is 12.1 Å². The molecule has 0 aliphatic heterocycles. The van der Waals surface area contributed by atoms with E-state index < -0.39 is 5.69 Å². The molecule has 0 aliphatic rings. The highest BCUT2D eigenvalue weighted by molar-refractivity contribution is 5.86. The van der Waals surface area contributed by atoms with E-state index in [2.05, 4.69) is 15.3 Å². The minimum absolute atomic E-state index is 0.194. The van der Waals surface area contributed by atoms with Crippen LogP contribution in [0.3, 0.4) is 0 Å². The Hall–Kier alpha value is -2.11. The molecule has 90 valence electrons. The molecule has 2 N–H and O–H groups in total. The van der Waals surface area contributed by atoms with Gasteiger partial charge in [0, 0.05) is 11.7 Å². The van der Waals surface area contributed by atoms with Crippen molar-refractivity contribution >= 4 is 16.9 Å². The lowest BCUT2D eigenvalue weighted by molar-refractivity contribution is 0.182. The molecule has 6 nitrogen and oxygen atoms in total. The van der Waals surface area contributed by atoms with Crippen LogP contribution < -0.4 is 11.0 Å².